The second kappa shape index (κ2) is 23.1. The highest BCUT2D eigenvalue weighted by Crippen LogP contribution is 2.23. The first-order chi connectivity index (χ1) is 25.9. The molecule has 0 aliphatic carbocycles. The lowest BCUT2D eigenvalue weighted by molar-refractivity contribution is -0.137. The van der Waals surface area contributed by atoms with Crippen molar-refractivity contribution < 1.29 is 42.5 Å². The van der Waals surface area contributed by atoms with Crippen LogP contribution in [0.2, 0.25) is 0 Å². The molecular weight excluding hydrogens is 716 g/mol. The Morgan fingerprint density at radius 1 is 0.655 bits per heavy atom. The second-order valence-corrected chi connectivity index (χ2v) is 13.9. The van der Waals surface area contributed by atoms with Gasteiger partial charge < -0.3 is 36.2 Å². The maximum absolute atomic E-state index is 14.0. The molecule has 0 fully saturated rings. The van der Waals surface area contributed by atoms with Crippen LogP contribution in [0.1, 0.15) is 60.8 Å². The van der Waals surface area contributed by atoms with Crippen molar-refractivity contribution in [1.82, 2.24) is 15.1 Å². The number of benzene rings is 4. The number of hydrogen-bond donors (Lipinski definition) is 5. The van der Waals surface area contributed by atoms with Crippen LogP contribution < -0.4 is 11.1 Å². The molecule has 0 bridgehead atoms. The molecule has 9 nitrogen and oxygen atoms in total. The Hall–Kier alpha value is -4.98. The van der Waals surface area contributed by atoms with Crippen LogP contribution in [0.4, 0.5) is 17.6 Å². The van der Waals surface area contributed by atoms with Gasteiger partial charge in [-0.25, -0.2) is 17.6 Å². The Bertz CT molecular complexity index is 1730. The quantitative estimate of drug-likeness (QED) is 0.0831. The van der Waals surface area contributed by atoms with Crippen LogP contribution in [0.25, 0.3) is 0 Å². The zero-order chi connectivity index (χ0) is 41.2. The molecule has 4 rings (SSSR count). The maximum Gasteiger partial charge on any atom is 0.303 e. The van der Waals surface area contributed by atoms with Crippen LogP contribution >= 0.6 is 0 Å². The smallest absolute Gasteiger partial charge is 0.303 e. The molecule has 1 amide bonds. The number of rotatable bonds is 15. The van der Waals surface area contributed by atoms with Crippen molar-refractivity contribution in [2.75, 3.05) is 41.3 Å². The molecule has 0 saturated carbocycles. The van der Waals surface area contributed by atoms with Crippen molar-refractivity contribution in [2.45, 2.75) is 63.5 Å². The first-order valence-corrected chi connectivity index (χ1v) is 17.9. The number of phenolic OH excluding ortho intramolecular Hbond substituents is 2. The highest BCUT2D eigenvalue weighted by molar-refractivity contribution is 5.76. The SMILES string of the molecule is CN(C)[C@H](CN)Cc1c(F)cc(O)cc1F.C[C@@H](CC(=O)NC[C@H](Cc1c(F)cc(O)cc1F)N(C)C)c1ccccc1.C[C@@H](CC(=O)O)c1ccccc1. The molecule has 0 aliphatic heterocycles. The Morgan fingerprint density at radius 3 is 1.36 bits per heavy atom. The number of nitrogens with one attached hydrogen (secondary N) is 1. The van der Waals surface area contributed by atoms with E-state index in [-0.39, 0.29) is 66.8 Å². The lowest BCUT2D eigenvalue weighted by Crippen LogP contribution is -2.42. The molecule has 300 valence electrons. The molecule has 4 atom stereocenters. The molecule has 0 heterocycles. The van der Waals surface area contributed by atoms with Gasteiger partial charge in [-0.3, -0.25) is 9.59 Å². The van der Waals surface area contributed by atoms with E-state index in [1.54, 1.807) is 28.2 Å². The van der Waals surface area contributed by atoms with E-state index in [1.165, 1.54) is 0 Å². The standard InChI is InChI=1S/C21H26F2N2O2.C11H16F2N2O.C10H12O2/c1-14(15-7-5-4-6-8-15)9-21(27)24-13-16(25(2)3)10-18-19(22)11-17(26)12-20(18)23;1-15(2)7(6-14)3-9-10(12)4-8(16)5-11(9)13;1-8(7-10(11)12)9-5-3-2-4-6-9/h4-8,11-12,14,16,26H,9-10,13H2,1-3H3,(H,24,27);4-5,7,16H,3,6,14H2,1-2H3;2-6,8H,7H2,1H3,(H,11,12)/t14-,16-;7-;8-/m000/s1. The number of amides is 1. The minimum absolute atomic E-state index is 0.0399. The molecule has 0 unspecified atom stereocenters. The summed E-state index contributed by atoms with van der Waals surface area (Å²) in [6.07, 6.45) is 0.803. The number of carboxylic acids is 1. The predicted molar refractivity (Wildman–Crippen MR) is 207 cm³/mol. The number of carboxylic acid groups (broad SMARTS) is 1. The summed E-state index contributed by atoms with van der Waals surface area (Å²) in [5.74, 6) is -4.58. The van der Waals surface area contributed by atoms with Crippen molar-refractivity contribution in [2.24, 2.45) is 5.73 Å². The zero-order valence-corrected chi connectivity index (χ0v) is 32.3. The summed E-state index contributed by atoms with van der Waals surface area (Å²) in [6, 6.07) is 22.6. The van der Waals surface area contributed by atoms with Crippen molar-refractivity contribution in [3.8, 4) is 11.5 Å². The van der Waals surface area contributed by atoms with Crippen LogP contribution in [0.5, 0.6) is 11.5 Å². The van der Waals surface area contributed by atoms with Crippen molar-refractivity contribution in [1.29, 1.82) is 0 Å². The van der Waals surface area contributed by atoms with Crippen molar-refractivity contribution in [3.05, 3.63) is 130 Å². The molecule has 13 heteroatoms. The monoisotopic (exact) mass is 770 g/mol. The number of aromatic hydroxyl groups is 2. The number of halogens is 4. The number of carbonyl (C=O) groups is 2. The molecule has 0 aromatic heterocycles. The maximum atomic E-state index is 14.0. The highest BCUT2D eigenvalue weighted by Gasteiger charge is 2.21. The molecule has 6 N–H and O–H groups in total. The van der Waals surface area contributed by atoms with Crippen LogP contribution in [-0.2, 0) is 22.4 Å². The van der Waals surface area contributed by atoms with Gasteiger partial charge in [0.1, 0.15) is 34.8 Å². The number of nitrogens with two attached hydrogens (primary N) is 1. The number of hydrogen-bond acceptors (Lipinski definition) is 7. The third-order valence-electron chi connectivity index (χ3n) is 9.11. The van der Waals surface area contributed by atoms with Crippen LogP contribution in [-0.4, -0.2) is 90.4 Å². The van der Waals surface area contributed by atoms with Gasteiger partial charge in [0.25, 0.3) is 0 Å². The van der Waals surface area contributed by atoms with Gasteiger partial charge in [-0.2, -0.15) is 0 Å². The number of likely N-dealkylation sites (N-methyl/N-ethyl adjacent to an activating group) is 2. The summed E-state index contributed by atoms with van der Waals surface area (Å²) in [5, 5.41) is 29.7. The van der Waals surface area contributed by atoms with E-state index in [0.717, 1.165) is 35.4 Å². The van der Waals surface area contributed by atoms with E-state index in [4.69, 9.17) is 15.9 Å². The molecule has 0 radical (unpaired) electrons. The highest BCUT2D eigenvalue weighted by atomic mass is 19.1. The first-order valence-electron chi connectivity index (χ1n) is 17.9. The summed E-state index contributed by atoms with van der Waals surface area (Å²) >= 11 is 0. The van der Waals surface area contributed by atoms with Crippen LogP contribution in [0.3, 0.4) is 0 Å². The second-order valence-electron chi connectivity index (χ2n) is 13.9. The van der Waals surface area contributed by atoms with Gasteiger partial charge in [0, 0.05) is 67.0 Å². The summed E-state index contributed by atoms with van der Waals surface area (Å²) in [6.45, 7) is 4.49. The normalized spacial score (nSPS) is 13.1. The van der Waals surface area contributed by atoms with E-state index < -0.39 is 40.7 Å². The van der Waals surface area contributed by atoms with E-state index in [0.29, 0.717) is 13.0 Å². The molecule has 0 aliphatic rings. The molecule has 55 heavy (non-hydrogen) atoms. The number of phenols is 2. The average molecular weight is 771 g/mol. The van der Waals surface area contributed by atoms with E-state index in [2.05, 4.69) is 5.32 Å². The van der Waals surface area contributed by atoms with Gasteiger partial charge >= 0.3 is 5.97 Å². The Morgan fingerprint density at radius 2 is 1.02 bits per heavy atom. The molecule has 0 spiro atoms. The molecular formula is C42H54F4N4O5. The predicted octanol–water partition coefficient (Wildman–Crippen LogP) is 6.82. The number of carbonyl (C=O) groups excluding carboxylic acids is 1. The molecule has 0 saturated heterocycles. The van der Waals surface area contributed by atoms with Gasteiger partial charge in [0.2, 0.25) is 5.91 Å². The summed E-state index contributed by atoms with van der Waals surface area (Å²) in [7, 11) is 7.18. The lowest BCUT2D eigenvalue weighted by atomic mass is 9.97. The fraction of sp³-hybridized carbons (Fsp3) is 0.381. The summed E-state index contributed by atoms with van der Waals surface area (Å²) in [4.78, 5) is 26.3. The van der Waals surface area contributed by atoms with Crippen molar-refractivity contribution in [3.63, 3.8) is 0 Å². The van der Waals surface area contributed by atoms with E-state index in [1.807, 2.05) is 84.3 Å². The fourth-order valence-electron chi connectivity index (χ4n) is 5.60. The minimum atomic E-state index is -0.789. The third-order valence-corrected chi connectivity index (χ3v) is 9.11. The number of aliphatic carboxylic acids is 1. The van der Waals surface area contributed by atoms with E-state index in [9.17, 15) is 32.3 Å². The Labute approximate surface area is 321 Å². The van der Waals surface area contributed by atoms with Gasteiger partial charge in [-0.1, -0.05) is 74.5 Å². The third kappa shape index (κ3) is 16.1. The largest absolute Gasteiger partial charge is 0.508 e. The molecule has 4 aromatic carbocycles. The number of nitrogens with zero attached hydrogens (tertiary/aromatic N) is 2. The van der Waals surface area contributed by atoms with Gasteiger partial charge in [-0.05, 0) is 64.0 Å². The Balaban J connectivity index is 0.000000315. The first kappa shape index (κ1) is 46.2. The minimum Gasteiger partial charge on any atom is -0.508 e. The summed E-state index contributed by atoms with van der Waals surface area (Å²) < 4.78 is 54.8. The fourth-order valence-corrected chi connectivity index (χ4v) is 5.60. The topological polar surface area (TPSA) is 139 Å². The van der Waals surface area contributed by atoms with Crippen molar-refractivity contribution >= 4 is 11.9 Å². The van der Waals surface area contributed by atoms with Gasteiger partial charge in [-0.15, -0.1) is 0 Å². The van der Waals surface area contributed by atoms with Crippen LogP contribution in [0.15, 0.2) is 84.9 Å². The zero-order valence-electron chi connectivity index (χ0n) is 32.3. The van der Waals surface area contributed by atoms with Gasteiger partial charge in [0.05, 0.1) is 6.42 Å². The average Bonchev–Trinajstić information content (AvgIpc) is 3.11. The molecule has 4 aromatic rings. The van der Waals surface area contributed by atoms with Gasteiger partial charge in [0.15, 0.2) is 0 Å². The Kier molecular flexibility index (Phi) is 19.4. The van der Waals surface area contributed by atoms with E-state index >= 15 is 0 Å². The summed E-state index contributed by atoms with van der Waals surface area (Å²) in [5.41, 5.74) is 7.55. The lowest BCUT2D eigenvalue weighted by Gasteiger charge is -2.25. The van der Waals surface area contributed by atoms with Crippen LogP contribution in [0, 0.1) is 23.3 Å².